The predicted molar refractivity (Wildman–Crippen MR) is 83.1 cm³/mol. The molecule has 0 radical (unpaired) electrons. The van der Waals surface area contributed by atoms with Crippen molar-refractivity contribution in [3.8, 4) is 5.75 Å². The Kier molecular flexibility index (Phi) is 5.45. The van der Waals surface area contributed by atoms with Gasteiger partial charge in [-0.05, 0) is 25.1 Å². The Labute approximate surface area is 130 Å². The van der Waals surface area contributed by atoms with Crippen molar-refractivity contribution in [1.29, 1.82) is 0 Å². The summed E-state index contributed by atoms with van der Waals surface area (Å²) in [5.41, 5.74) is 1.52. The Bertz CT molecular complexity index is 522. The van der Waals surface area contributed by atoms with Gasteiger partial charge < -0.3 is 20.1 Å². The van der Waals surface area contributed by atoms with Crippen molar-refractivity contribution in [3.05, 3.63) is 22.7 Å². The number of ether oxygens (including phenoxy) is 2. The van der Waals surface area contributed by atoms with Gasteiger partial charge in [-0.25, -0.2) is 0 Å². The van der Waals surface area contributed by atoms with Crippen molar-refractivity contribution in [2.75, 3.05) is 32.2 Å². The summed E-state index contributed by atoms with van der Waals surface area (Å²) < 4.78 is 10.7. The Morgan fingerprint density at radius 2 is 2.24 bits per heavy atom. The molecule has 1 aliphatic heterocycles. The summed E-state index contributed by atoms with van der Waals surface area (Å²) in [4.78, 5) is 12.4. The van der Waals surface area contributed by atoms with Crippen LogP contribution in [0.25, 0.3) is 0 Å². The predicted octanol–water partition coefficient (Wildman–Crippen LogP) is 2.22. The van der Waals surface area contributed by atoms with Crippen LogP contribution in [0.15, 0.2) is 12.1 Å². The van der Waals surface area contributed by atoms with Crippen LogP contribution in [0, 0.1) is 12.8 Å². The van der Waals surface area contributed by atoms with Gasteiger partial charge in [-0.2, -0.15) is 0 Å². The van der Waals surface area contributed by atoms with Gasteiger partial charge in [0, 0.05) is 17.1 Å². The normalized spacial score (nSPS) is 21.3. The largest absolute Gasteiger partial charge is 0.495 e. The van der Waals surface area contributed by atoms with Crippen LogP contribution in [-0.2, 0) is 9.53 Å². The average molecular weight is 313 g/mol. The zero-order chi connectivity index (χ0) is 15.4. The Hall–Kier alpha value is -1.30. The zero-order valence-electron chi connectivity index (χ0n) is 12.5. The number of benzene rings is 1. The topological polar surface area (TPSA) is 59.6 Å². The maximum absolute atomic E-state index is 12.4. The van der Waals surface area contributed by atoms with Crippen molar-refractivity contribution in [3.63, 3.8) is 0 Å². The molecule has 2 N–H and O–H groups in total. The molecule has 1 fully saturated rings. The van der Waals surface area contributed by atoms with E-state index in [1.54, 1.807) is 13.2 Å². The van der Waals surface area contributed by atoms with Crippen molar-refractivity contribution < 1.29 is 14.3 Å². The molecule has 1 aromatic carbocycles. The van der Waals surface area contributed by atoms with Crippen LogP contribution in [0.3, 0.4) is 0 Å². The fraction of sp³-hybridized carbons (Fsp3) is 0.533. The first-order chi connectivity index (χ1) is 10.1. The molecule has 1 amide bonds. The maximum Gasteiger partial charge on any atom is 0.231 e. The molecule has 1 aliphatic rings. The summed E-state index contributed by atoms with van der Waals surface area (Å²) in [7, 11) is 1.55. The van der Waals surface area contributed by atoms with Gasteiger partial charge in [0.2, 0.25) is 5.91 Å². The van der Waals surface area contributed by atoms with Gasteiger partial charge >= 0.3 is 0 Å². The lowest BCUT2D eigenvalue weighted by Crippen LogP contribution is -2.41. The second kappa shape index (κ2) is 7.11. The number of amides is 1. The lowest BCUT2D eigenvalue weighted by molar-refractivity contribution is -0.120. The van der Waals surface area contributed by atoms with Crippen LogP contribution in [0.2, 0.25) is 5.02 Å². The summed E-state index contributed by atoms with van der Waals surface area (Å²) in [6.45, 7) is 5.69. The molecule has 2 rings (SSSR count). The number of hydrogen-bond acceptors (Lipinski definition) is 4. The van der Waals surface area contributed by atoms with Crippen molar-refractivity contribution in [2.24, 2.45) is 5.92 Å². The molecule has 0 spiro atoms. The first kappa shape index (κ1) is 16.1. The smallest absolute Gasteiger partial charge is 0.231 e. The van der Waals surface area contributed by atoms with Crippen LogP contribution >= 0.6 is 11.6 Å². The molecule has 1 saturated heterocycles. The Balaban J connectivity index is 2.14. The van der Waals surface area contributed by atoms with E-state index in [2.05, 4.69) is 10.6 Å². The second-order valence-electron chi connectivity index (χ2n) is 5.10. The van der Waals surface area contributed by atoms with Crippen molar-refractivity contribution in [1.82, 2.24) is 5.32 Å². The molecule has 2 unspecified atom stereocenters. The molecule has 0 saturated carbocycles. The molecule has 0 aliphatic carbocycles. The van der Waals surface area contributed by atoms with E-state index >= 15 is 0 Å². The van der Waals surface area contributed by atoms with Crippen molar-refractivity contribution in [2.45, 2.75) is 19.9 Å². The standard InChI is InChI=1S/C15H21ClN2O3/c1-4-17-13-8-21-7-10(13)15(19)18-12-5-9(2)11(16)6-14(12)20-3/h5-6,10,13,17H,4,7-8H2,1-3H3,(H,18,19). The van der Waals surface area contributed by atoms with Crippen LogP contribution in [0.4, 0.5) is 5.69 Å². The van der Waals surface area contributed by atoms with Gasteiger partial charge in [-0.3, -0.25) is 4.79 Å². The van der Waals surface area contributed by atoms with E-state index in [0.717, 1.165) is 12.1 Å². The number of rotatable bonds is 5. The van der Waals surface area contributed by atoms with Crippen LogP contribution < -0.4 is 15.4 Å². The SMILES string of the molecule is CCNC1COCC1C(=O)Nc1cc(C)c(Cl)cc1OC. The van der Waals surface area contributed by atoms with E-state index in [1.165, 1.54) is 0 Å². The summed E-state index contributed by atoms with van der Waals surface area (Å²) in [5, 5.41) is 6.80. The Morgan fingerprint density at radius 1 is 1.48 bits per heavy atom. The van der Waals surface area contributed by atoms with Gasteiger partial charge in [-0.15, -0.1) is 0 Å². The van der Waals surface area contributed by atoms with E-state index in [-0.39, 0.29) is 17.9 Å². The van der Waals surface area contributed by atoms with Gasteiger partial charge in [0.1, 0.15) is 5.75 Å². The number of halogens is 1. The molecule has 21 heavy (non-hydrogen) atoms. The van der Waals surface area contributed by atoms with Crippen LogP contribution in [0.5, 0.6) is 5.75 Å². The van der Waals surface area contributed by atoms with E-state index in [1.807, 2.05) is 19.9 Å². The van der Waals surface area contributed by atoms with E-state index < -0.39 is 0 Å². The molecule has 5 nitrogen and oxygen atoms in total. The van der Waals surface area contributed by atoms with Crippen LogP contribution in [-0.4, -0.2) is 38.8 Å². The third kappa shape index (κ3) is 3.67. The fourth-order valence-electron chi connectivity index (χ4n) is 2.43. The van der Waals surface area contributed by atoms with Gasteiger partial charge in [0.05, 0.1) is 31.9 Å². The fourth-order valence-corrected chi connectivity index (χ4v) is 2.58. The minimum absolute atomic E-state index is 0.0504. The molecular weight excluding hydrogens is 292 g/mol. The molecule has 6 heteroatoms. The zero-order valence-corrected chi connectivity index (χ0v) is 13.3. The average Bonchev–Trinajstić information content (AvgIpc) is 2.91. The molecule has 0 bridgehead atoms. The molecule has 1 heterocycles. The highest BCUT2D eigenvalue weighted by atomic mass is 35.5. The first-order valence-electron chi connectivity index (χ1n) is 7.03. The number of carbonyl (C=O) groups is 1. The molecular formula is C15H21ClN2O3. The molecule has 1 aromatic rings. The molecule has 0 aromatic heterocycles. The number of aryl methyl sites for hydroxylation is 1. The van der Waals surface area contributed by atoms with Crippen LogP contribution in [0.1, 0.15) is 12.5 Å². The molecule has 116 valence electrons. The van der Waals surface area contributed by atoms with Gasteiger partial charge in [-0.1, -0.05) is 18.5 Å². The quantitative estimate of drug-likeness (QED) is 0.875. The number of likely N-dealkylation sites (N-methyl/N-ethyl adjacent to an activating group) is 1. The summed E-state index contributed by atoms with van der Waals surface area (Å²) in [5.74, 6) is 0.280. The van der Waals surface area contributed by atoms with E-state index in [9.17, 15) is 4.79 Å². The summed E-state index contributed by atoms with van der Waals surface area (Å²) >= 11 is 6.07. The van der Waals surface area contributed by atoms with E-state index in [4.69, 9.17) is 21.1 Å². The lowest BCUT2D eigenvalue weighted by Gasteiger charge is -2.19. The second-order valence-corrected chi connectivity index (χ2v) is 5.51. The number of nitrogens with one attached hydrogen (secondary N) is 2. The minimum Gasteiger partial charge on any atom is -0.495 e. The number of methoxy groups -OCH3 is 1. The highest BCUT2D eigenvalue weighted by Crippen LogP contribution is 2.31. The summed E-state index contributed by atoms with van der Waals surface area (Å²) in [6.07, 6.45) is 0. The monoisotopic (exact) mass is 312 g/mol. The molecule has 2 atom stereocenters. The number of hydrogen-bond donors (Lipinski definition) is 2. The highest BCUT2D eigenvalue weighted by Gasteiger charge is 2.33. The van der Waals surface area contributed by atoms with E-state index in [0.29, 0.717) is 29.7 Å². The Morgan fingerprint density at radius 3 is 2.90 bits per heavy atom. The minimum atomic E-state index is -0.203. The third-order valence-electron chi connectivity index (χ3n) is 3.62. The van der Waals surface area contributed by atoms with Gasteiger partial charge in [0.25, 0.3) is 0 Å². The van der Waals surface area contributed by atoms with Crippen molar-refractivity contribution >= 4 is 23.2 Å². The third-order valence-corrected chi connectivity index (χ3v) is 4.03. The summed E-state index contributed by atoms with van der Waals surface area (Å²) in [6, 6.07) is 3.57. The highest BCUT2D eigenvalue weighted by molar-refractivity contribution is 6.31. The number of anilines is 1. The maximum atomic E-state index is 12.4. The van der Waals surface area contributed by atoms with Gasteiger partial charge in [0.15, 0.2) is 0 Å². The lowest BCUT2D eigenvalue weighted by atomic mass is 10.0. The number of carbonyl (C=O) groups excluding carboxylic acids is 1. The first-order valence-corrected chi connectivity index (χ1v) is 7.40.